The third-order valence-electron chi connectivity index (χ3n) is 6.59. The molecule has 4 rings (SSSR count). The molecule has 1 fully saturated rings. The van der Waals surface area contributed by atoms with Gasteiger partial charge in [0.05, 0.1) is 37.3 Å². The molecule has 1 aliphatic rings. The number of piperidine rings is 1. The topological polar surface area (TPSA) is 190 Å². The average molecular weight is 564 g/mol. The maximum absolute atomic E-state index is 12.4. The average Bonchev–Trinajstić information content (AvgIpc) is 3.44. The Morgan fingerprint density at radius 3 is 2.78 bits per heavy atom. The summed E-state index contributed by atoms with van der Waals surface area (Å²) < 4.78 is 7.30. The summed E-state index contributed by atoms with van der Waals surface area (Å²) in [6.07, 6.45) is 7.79. The SMILES string of the molecule is C=CC(=O)N1CCCC(n2cc(Nc3ncc(C(N)=O)c(Nc4c(C)cc(C(=O)NCCO)cc4OC)n3)cn2)C1. The van der Waals surface area contributed by atoms with Gasteiger partial charge in [0.2, 0.25) is 11.9 Å². The second-order valence-electron chi connectivity index (χ2n) is 9.41. The monoisotopic (exact) mass is 563 g/mol. The van der Waals surface area contributed by atoms with Crippen molar-refractivity contribution in [3.8, 4) is 5.75 Å². The van der Waals surface area contributed by atoms with E-state index in [0.29, 0.717) is 41.3 Å². The van der Waals surface area contributed by atoms with Crippen LogP contribution >= 0.6 is 0 Å². The molecule has 216 valence electrons. The molecule has 41 heavy (non-hydrogen) atoms. The van der Waals surface area contributed by atoms with E-state index in [4.69, 9.17) is 15.6 Å². The number of carbonyl (C=O) groups excluding carboxylic acids is 3. The number of anilines is 4. The number of amides is 3. The van der Waals surface area contributed by atoms with Crippen LogP contribution in [0.2, 0.25) is 0 Å². The fourth-order valence-electron chi connectivity index (χ4n) is 4.55. The maximum atomic E-state index is 12.4. The van der Waals surface area contributed by atoms with Crippen LogP contribution in [-0.4, -0.2) is 80.8 Å². The van der Waals surface area contributed by atoms with E-state index in [1.165, 1.54) is 25.4 Å². The van der Waals surface area contributed by atoms with Gasteiger partial charge in [-0.05, 0) is 43.5 Å². The molecule has 14 heteroatoms. The van der Waals surface area contributed by atoms with E-state index in [1.54, 1.807) is 35.0 Å². The van der Waals surface area contributed by atoms with Crippen molar-refractivity contribution < 1.29 is 24.2 Å². The number of methoxy groups -OCH3 is 1. The molecule has 2 aromatic heterocycles. The van der Waals surface area contributed by atoms with Crippen LogP contribution in [0.25, 0.3) is 0 Å². The number of likely N-dealkylation sites (tertiary alicyclic amines) is 1. The number of aryl methyl sites for hydroxylation is 1. The molecule has 1 unspecified atom stereocenters. The van der Waals surface area contributed by atoms with Gasteiger partial charge in [-0.3, -0.25) is 19.1 Å². The molecule has 3 heterocycles. The first-order valence-electron chi connectivity index (χ1n) is 13.0. The van der Waals surface area contributed by atoms with Crippen molar-refractivity contribution in [2.45, 2.75) is 25.8 Å². The minimum Gasteiger partial charge on any atom is -0.495 e. The number of benzene rings is 1. The first-order chi connectivity index (χ1) is 19.7. The minimum absolute atomic E-state index is 0.0164. The van der Waals surface area contributed by atoms with Crippen LogP contribution in [0.1, 0.15) is 45.2 Å². The number of carbonyl (C=O) groups is 3. The Morgan fingerprint density at radius 2 is 2.07 bits per heavy atom. The molecule has 1 atom stereocenters. The van der Waals surface area contributed by atoms with Crippen molar-refractivity contribution in [1.82, 2.24) is 30.0 Å². The van der Waals surface area contributed by atoms with E-state index in [0.717, 1.165) is 12.8 Å². The quantitative estimate of drug-likeness (QED) is 0.214. The second-order valence-corrected chi connectivity index (χ2v) is 9.41. The van der Waals surface area contributed by atoms with E-state index in [1.807, 2.05) is 0 Å². The Hall–Kier alpha value is -4.98. The molecule has 1 saturated heterocycles. The molecular weight excluding hydrogens is 530 g/mol. The lowest BCUT2D eigenvalue weighted by Crippen LogP contribution is -2.39. The van der Waals surface area contributed by atoms with E-state index in [-0.39, 0.29) is 48.3 Å². The number of nitrogens with zero attached hydrogens (tertiary/aromatic N) is 5. The standard InChI is InChI=1S/C27H33N9O5/c1-4-22(38)35-8-5-6-19(15-35)36-14-18(12-31-36)32-27-30-13-20(24(28)39)25(34-27)33-23-16(2)10-17(11-21(23)41-3)26(40)29-7-9-37/h4,10-14,19,37H,1,5-9,15H2,2-3H3,(H2,28,39)(H,29,40)(H2,30,32,33,34). The van der Waals surface area contributed by atoms with E-state index >= 15 is 0 Å². The smallest absolute Gasteiger partial charge is 0.254 e. The first kappa shape index (κ1) is 29.0. The highest BCUT2D eigenvalue weighted by Crippen LogP contribution is 2.33. The molecule has 3 amide bonds. The Morgan fingerprint density at radius 1 is 1.27 bits per heavy atom. The summed E-state index contributed by atoms with van der Waals surface area (Å²) in [5.41, 5.74) is 7.70. The van der Waals surface area contributed by atoms with E-state index in [2.05, 4.69) is 37.6 Å². The van der Waals surface area contributed by atoms with Crippen molar-refractivity contribution in [3.63, 3.8) is 0 Å². The zero-order valence-corrected chi connectivity index (χ0v) is 22.9. The molecule has 0 spiro atoms. The van der Waals surface area contributed by atoms with Gasteiger partial charge in [0.25, 0.3) is 11.8 Å². The van der Waals surface area contributed by atoms with Gasteiger partial charge in [0, 0.05) is 37.6 Å². The number of primary amides is 1. The Labute approximate surface area is 236 Å². The van der Waals surface area contributed by atoms with Crippen molar-refractivity contribution in [1.29, 1.82) is 0 Å². The highest BCUT2D eigenvalue weighted by Gasteiger charge is 2.24. The zero-order valence-electron chi connectivity index (χ0n) is 22.9. The van der Waals surface area contributed by atoms with Gasteiger partial charge in [-0.25, -0.2) is 4.98 Å². The van der Waals surface area contributed by atoms with E-state index < -0.39 is 5.91 Å². The van der Waals surface area contributed by atoms with E-state index in [9.17, 15) is 14.4 Å². The van der Waals surface area contributed by atoms with Crippen LogP contribution in [0.3, 0.4) is 0 Å². The Kier molecular flexibility index (Phi) is 9.14. The van der Waals surface area contributed by atoms with Crippen LogP contribution in [0, 0.1) is 6.92 Å². The Balaban J connectivity index is 1.56. The van der Waals surface area contributed by atoms with Crippen LogP contribution in [0.5, 0.6) is 5.75 Å². The molecule has 1 aromatic carbocycles. The van der Waals surface area contributed by atoms with Crippen molar-refractivity contribution >= 4 is 40.9 Å². The van der Waals surface area contributed by atoms with Crippen LogP contribution in [-0.2, 0) is 4.79 Å². The molecule has 0 radical (unpaired) electrons. The predicted octanol–water partition coefficient (Wildman–Crippen LogP) is 1.65. The van der Waals surface area contributed by atoms with Gasteiger partial charge in [0.1, 0.15) is 17.1 Å². The fourth-order valence-corrected chi connectivity index (χ4v) is 4.55. The number of aliphatic hydroxyl groups is 1. The highest BCUT2D eigenvalue weighted by molar-refractivity contribution is 5.99. The van der Waals surface area contributed by atoms with Gasteiger partial charge < -0.3 is 36.4 Å². The number of hydrogen-bond donors (Lipinski definition) is 5. The number of rotatable bonds is 11. The molecule has 1 aliphatic heterocycles. The first-order valence-corrected chi connectivity index (χ1v) is 13.0. The third-order valence-corrected chi connectivity index (χ3v) is 6.59. The summed E-state index contributed by atoms with van der Waals surface area (Å²) in [6.45, 7) is 6.49. The zero-order chi connectivity index (χ0) is 29.5. The maximum Gasteiger partial charge on any atom is 0.254 e. The molecule has 0 aliphatic carbocycles. The highest BCUT2D eigenvalue weighted by atomic mass is 16.5. The summed E-state index contributed by atoms with van der Waals surface area (Å²) in [6, 6.07) is 3.20. The number of nitrogens with one attached hydrogen (secondary N) is 3. The largest absolute Gasteiger partial charge is 0.495 e. The van der Waals surface area contributed by atoms with Crippen LogP contribution < -0.4 is 26.4 Å². The summed E-state index contributed by atoms with van der Waals surface area (Å²) >= 11 is 0. The number of nitrogens with two attached hydrogens (primary N) is 1. The molecule has 6 N–H and O–H groups in total. The van der Waals surface area contributed by atoms with Gasteiger partial charge in [0.15, 0.2) is 0 Å². The lowest BCUT2D eigenvalue weighted by atomic mass is 10.1. The van der Waals surface area contributed by atoms with Crippen molar-refractivity contribution in [3.05, 3.63) is 60.1 Å². The lowest BCUT2D eigenvalue weighted by molar-refractivity contribution is -0.127. The molecular formula is C27H33N9O5. The number of ether oxygens (including phenoxy) is 1. The predicted molar refractivity (Wildman–Crippen MR) is 152 cm³/mol. The molecule has 3 aromatic rings. The minimum atomic E-state index is -0.737. The van der Waals surface area contributed by atoms with Gasteiger partial charge in [-0.15, -0.1) is 0 Å². The van der Waals surface area contributed by atoms with Gasteiger partial charge in [-0.2, -0.15) is 10.1 Å². The lowest BCUT2D eigenvalue weighted by Gasteiger charge is -2.32. The van der Waals surface area contributed by atoms with Crippen molar-refractivity contribution in [2.75, 3.05) is 44.0 Å². The van der Waals surface area contributed by atoms with Crippen molar-refractivity contribution in [2.24, 2.45) is 5.73 Å². The second kappa shape index (κ2) is 12.9. The van der Waals surface area contributed by atoms with Crippen LogP contribution in [0.15, 0.2) is 43.4 Å². The summed E-state index contributed by atoms with van der Waals surface area (Å²) in [5, 5.41) is 22.2. The number of hydrogen-bond acceptors (Lipinski definition) is 10. The summed E-state index contributed by atoms with van der Waals surface area (Å²) in [4.78, 5) is 47.1. The van der Waals surface area contributed by atoms with Gasteiger partial charge >= 0.3 is 0 Å². The molecule has 14 nitrogen and oxygen atoms in total. The number of aliphatic hydroxyl groups excluding tert-OH is 1. The number of aromatic nitrogens is 4. The Bertz CT molecular complexity index is 1450. The van der Waals surface area contributed by atoms with Crippen LogP contribution in [0.4, 0.5) is 23.1 Å². The molecule has 0 saturated carbocycles. The summed E-state index contributed by atoms with van der Waals surface area (Å²) in [7, 11) is 1.45. The normalized spacial score (nSPS) is 14.7. The third kappa shape index (κ3) is 6.78. The molecule has 0 bridgehead atoms. The summed E-state index contributed by atoms with van der Waals surface area (Å²) in [5.74, 6) is -0.561. The van der Waals surface area contributed by atoms with Gasteiger partial charge in [-0.1, -0.05) is 6.58 Å². The fraction of sp³-hybridized carbons (Fsp3) is 0.333.